The molecule has 0 N–H and O–H groups in total. The van der Waals surface area contributed by atoms with Gasteiger partial charge in [-0.05, 0) is 12.8 Å². The van der Waals surface area contributed by atoms with Gasteiger partial charge in [-0.1, -0.05) is 20.3 Å². The van der Waals surface area contributed by atoms with Gasteiger partial charge in [-0.25, -0.2) is 0 Å². The van der Waals surface area contributed by atoms with Crippen molar-refractivity contribution in [2.75, 3.05) is 6.61 Å². The van der Waals surface area contributed by atoms with Gasteiger partial charge in [-0.2, -0.15) is 30.7 Å². The predicted octanol–water partition coefficient (Wildman–Crippen LogP) is 4.58. The fourth-order valence-corrected chi connectivity index (χ4v) is 1.47. The third kappa shape index (κ3) is 5.03. The Balaban J connectivity index is 4.91. The van der Waals surface area contributed by atoms with E-state index in [4.69, 9.17) is 0 Å². The summed E-state index contributed by atoms with van der Waals surface area (Å²) in [6, 6.07) is 0. The molecule has 0 saturated heterocycles. The number of ether oxygens (including phenoxy) is 1. The summed E-state index contributed by atoms with van der Waals surface area (Å²) in [5, 5.41) is 0. The molecule has 0 aliphatic heterocycles. The van der Waals surface area contributed by atoms with Crippen LogP contribution in [0.5, 0.6) is 0 Å². The highest BCUT2D eigenvalue weighted by atomic mass is 19.4. The van der Waals surface area contributed by atoms with Crippen molar-refractivity contribution in [3.8, 4) is 0 Å². The average Bonchev–Trinajstić information content (AvgIpc) is 2.34. The quantitative estimate of drug-likeness (QED) is 0.371. The number of hydrogen-bond donors (Lipinski definition) is 0. The minimum absolute atomic E-state index is 0.0902. The van der Waals surface area contributed by atoms with E-state index in [9.17, 15) is 35.5 Å². The van der Waals surface area contributed by atoms with Crippen LogP contribution in [0, 0.1) is 5.92 Å². The largest absolute Gasteiger partial charge is 0.465 e. The van der Waals surface area contributed by atoms with Crippen LogP contribution in [-0.4, -0.2) is 30.6 Å². The standard InChI is InChI=1S/C12H17F7O2/c1-3-5-6-21-9(20)8(4-2)7-10(13,14)11(15,16)12(17,18)19/h8H,3-7H2,1-2H3. The Labute approximate surface area is 117 Å². The number of alkyl halides is 7. The number of esters is 1. The van der Waals surface area contributed by atoms with Crippen molar-refractivity contribution in [2.45, 2.75) is 57.6 Å². The summed E-state index contributed by atoms with van der Waals surface area (Å²) >= 11 is 0. The van der Waals surface area contributed by atoms with Gasteiger partial charge < -0.3 is 4.74 Å². The SMILES string of the molecule is CCCCOC(=O)C(CC)CC(F)(F)C(F)(F)C(F)(F)F. The molecule has 0 aliphatic rings. The number of halogens is 7. The van der Waals surface area contributed by atoms with Crippen molar-refractivity contribution in [2.24, 2.45) is 5.92 Å². The Morgan fingerprint density at radius 1 is 1.05 bits per heavy atom. The zero-order valence-electron chi connectivity index (χ0n) is 11.6. The average molecular weight is 326 g/mol. The molecular formula is C12H17F7O2. The van der Waals surface area contributed by atoms with Crippen LogP contribution in [0.1, 0.15) is 39.5 Å². The highest BCUT2D eigenvalue weighted by Crippen LogP contribution is 2.49. The molecule has 1 atom stereocenters. The summed E-state index contributed by atoms with van der Waals surface area (Å²) in [7, 11) is 0. The van der Waals surface area contributed by atoms with E-state index >= 15 is 0 Å². The molecule has 1 unspecified atom stereocenters. The maximum atomic E-state index is 13.2. The molecule has 0 aromatic carbocycles. The lowest BCUT2D eigenvalue weighted by molar-refractivity contribution is -0.357. The van der Waals surface area contributed by atoms with Gasteiger partial charge >= 0.3 is 24.0 Å². The first-order valence-electron chi connectivity index (χ1n) is 6.39. The molecule has 0 aromatic heterocycles. The maximum absolute atomic E-state index is 13.2. The smallest absolute Gasteiger partial charge is 0.459 e. The highest BCUT2D eigenvalue weighted by Gasteiger charge is 2.73. The van der Waals surface area contributed by atoms with Crippen molar-refractivity contribution in [1.82, 2.24) is 0 Å². The van der Waals surface area contributed by atoms with E-state index in [0.717, 1.165) is 0 Å². The molecule has 0 aromatic rings. The van der Waals surface area contributed by atoms with Crippen LogP contribution in [0.25, 0.3) is 0 Å². The lowest BCUT2D eigenvalue weighted by Gasteiger charge is -2.30. The monoisotopic (exact) mass is 326 g/mol. The topological polar surface area (TPSA) is 26.3 Å². The van der Waals surface area contributed by atoms with E-state index < -0.39 is 36.3 Å². The zero-order chi connectivity index (χ0) is 16.9. The van der Waals surface area contributed by atoms with Crippen molar-refractivity contribution in [3.63, 3.8) is 0 Å². The molecule has 2 nitrogen and oxygen atoms in total. The number of carbonyl (C=O) groups is 1. The molecule has 0 aliphatic carbocycles. The third-order valence-electron chi connectivity index (χ3n) is 2.89. The highest BCUT2D eigenvalue weighted by molar-refractivity contribution is 5.72. The first-order valence-corrected chi connectivity index (χ1v) is 6.39. The van der Waals surface area contributed by atoms with Gasteiger partial charge in [-0.15, -0.1) is 0 Å². The second kappa shape index (κ2) is 7.31. The fraction of sp³-hybridized carbons (Fsp3) is 0.917. The van der Waals surface area contributed by atoms with Crippen molar-refractivity contribution in [1.29, 1.82) is 0 Å². The normalized spacial score (nSPS) is 14.9. The molecule has 126 valence electrons. The molecule has 0 fully saturated rings. The first-order chi connectivity index (χ1) is 9.40. The van der Waals surface area contributed by atoms with E-state index in [-0.39, 0.29) is 13.0 Å². The van der Waals surface area contributed by atoms with E-state index in [2.05, 4.69) is 4.74 Å². The number of unbranched alkanes of at least 4 members (excludes halogenated alkanes) is 1. The van der Waals surface area contributed by atoms with Gasteiger partial charge in [0.1, 0.15) is 0 Å². The Morgan fingerprint density at radius 3 is 1.95 bits per heavy atom. The lowest BCUT2D eigenvalue weighted by Crippen LogP contribution is -2.53. The van der Waals surface area contributed by atoms with Gasteiger partial charge in [0.2, 0.25) is 0 Å². The summed E-state index contributed by atoms with van der Waals surface area (Å²) in [6.07, 6.45) is -7.54. The summed E-state index contributed by atoms with van der Waals surface area (Å²) in [5.74, 6) is -14.5. The minimum Gasteiger partial charge on any atom is -0.465 e. The van der Waals surface area contributed by atoms with Crippen molar-refractivity contribution >= 4 is 5.97 Å². The summed E-state index contributed by atoms with van der Waals surface area (Å²) in [5.41, 5.74) is 0. The molecule has 0 rings (SSSR count). The van der Waals surface area contributed by atoms with E-state index in [1.807, 2.05) is 0 Å². The van der Waals surface area contributed by atoms with Gasteiger partial charge in [0.15, 0.2) is 0 Å². The first kappa shape index (κ1) is 20.0. The molecule has 0 amide bonds. The van der Waals surface area contributed by atoms with E-state index in [0.29, 0.717) is 12.8 Å². The lowest BCUT2D eigenvalue weighted by atomic mass is 9.94. The second-order valence-corrected chi connectivity index (χ2v) is 4.61. The van der Waals surface area contributed by atoms with Gasteiger partial charge in [0.05, 0.1) is 12.5 Å². The molecule has 0 bridgehead atoms. The van der Waals surface area contributed by atoms with Crippen LogP contribution in [-0.2, 0) is 9.53 Å². The van der Waals surface area contributed by atoms with Crippen LogP contribution in [0.15, 0.2) is 0 Å². The summed E-state index contributed by atoms with van der Waals surface area (Å²) in [6.45, 7) is 2.91. The summed E-state index contributed by atoms with van der Waals surface area (Å²) in [4.78, 5) is 11.4. The molecule has 0 heterocycles. The second-order valence-electron chi connectivity index (χ2n) is 4.61. The fourth-order valence-electron chi connectivity index (χ4n) is 1.47. The molecular weight excluding hydrogens is 309 g/mol. The van der Waals surface area contributed by atoms with Gasteiger partial charge in [-0.3, -0.25) is 4.79 Å². The van der Waals surface area contributed by atoms with E-state index in [1.54, 1.807) is 6.92 Å². The van der Waals surface area contributed by atoms with Crippen LogP contribution in [0.3, 0.4) is 0 Å². The van der Waals surface area contributed by atoms with Crippen LogP contribution >= 0.6 is 0 Å². The number of hydrogen-bond acceptors (Lipinski definition) is 2. The number of carbonyl (C=O) groups excluding carboxylic acids is 1. The van der Waals surface area contributed by atoms with Gasteiger partial charge in [0, 0.05) is 6.42 Å². The minimum atomic E-state index is -6.39. The van der Waals surface area contributed by atoms with Crippen molar-refractivity contribution < 1.29 is 40.3 Å². The Bertz CT molecular complexity index is 339. The Hall–Kier alpha value is -1.02. The third-order valence-corrected chi connectivity index (χ3v) is 2.89. The Kier molecular flexibility index (Phi) is 6.95. The van der Waals surface area contributed by atoms with E-state index in [1.165, 1.54) is 6.92 Å². The zero-order valence-corrected chi connectivity index (χ0v) is 11.6. The van der Waals surface area contributed by atoms with Crippen LogP contribution in [0.4, 0.5) is 30.7 Å². The molecule has 21 heavy (non-hydrogen) atoms. The molecule has 0 saturated carbocycles. The predicted molar refractivity (Wildman–Crippen MR) is 60.2 cm³/mol. The Morgan fingerprint density at radius 2 is 1.57 bits per heavy atom. The molecule has 0 radical (unpaired) electrons. The maximum Gasteiger partial charge on any atom is 0.459 e. The van der Waals surface area contributed by atoms with Crippen molar-refractivity contribution in [3.05, 3.63) is 0 Å². The molecule has 9 heteroatoms. The summed E-state index contributed by atoms with van der Waals surface area (Å²) < 4.78 is 92.4. The van der Waals surface area contributed by atoms with Crippen LogP contribution < -0.4 is 0 Å². The van der Waals surface area contributed by atoms with Crippen LogP contribution in [0.2, 0.25) is 0 Å². The number of rotatable bonds is 8. The molecule has 0 spiro atoms. The van der Waals surface area contributed by atoms with Gasteiger partial charge in [0.25, 0.3) is 0 Å².